The Balaban J connectivity index is 1.44. The number of hydrogen-bond donors (Lipinski definition) is 2. The van der Waals surface area contributed by atoms with E-state index in [1.54, 1.807) is 17.5 Å². The highest BCUT2D eigenvalue weighted by Gasteiger charge is 2.16. The number of fused-ring (bicyclic) bond motifs is 1. The molecule has 10 nitrogen and oxygen atoms in total. The zero-order valence-electron chi connectivity index (χ0n) is 15.2. The van der Waals surface area contributed by atoms with Gasteiger partial charge in [0.05, 0.1) is 16.6 Å². The minimum atomic E-state index is -3.87. The molecule has 3 heterocycles. The number of hydrogen-bond acceptors (Lipinski definition) is 8. The lowest BCUT2D eigenvalue weighted by Crippen LogP contribution is -2.27. The summed E-state index contributed by atoms with van der Waals surface area (Å²) in [6, 6.07) is 8.80. The normalized spacial score (nSPS) is 11.3. The minimum Gasteiger partial charge on any atom is -0.325 e. The van der Waals surface area contributed by atoms with Crippen molar-refractivity contribution in [2.75, 3.05) is 10.0 Å². The number of nitrogens with zero attached hydrogens (tertiary/aromatic N) is 4. The van der Waals surface area contributed by atoms with Crippen molar-refractivity contribution < 1.29 is 13.2 Å². The van der Waals surface area contributed by atoms with Crippen molar-refractivity contribution in [3.8, 4) is 0 Å². The number of aromatic nitrogens is 4. The molecule has 152 valence electrons. The van der Waals surface area contributed by atoms with Gasteiger partial charge in [0, 0.05) is 18.1 Å². The van der Waals surface area contributed by atoms with Crippen molar-refractivity contribution in [1.82, 2.24) is 19.5 Å². The molecule has 4 rings (SSSR count). The van der Waals surface area contributed by atoms with Crippen molar-refractivity contribution in [2.24, 2.45) is 0 Å². The van der Waals surface area contributed by atoms with Gasteiger partial charge in [0.1, 0.15) is 11.4 Å². The zero-order valence-corrected chi connectivity index (χ0v) is 16.9. The first kappa shape index (κ1) is 19.7. The van der Waals surface area contributed by atoms with Crippen LogP contribution < -0.4 is 15.6 Å². The Hall–Kier alpha value is -3.64. The Morgan fingerprint density at radius 2 is 1.80 bits per heavy atom. The lowest BCUT2D eigenvalue weighted by molar-refractivity contribution is -0.116. The van der Waals surface area contributed by atoms with E-state index in [2.05, 4.69) is 25.0 Å². The van der Waals surface area contributed by atoms with Crippen LogP contribution >= 0.6 is 11.3 Å². The van der Waals surface area contributed by atoms with Crippen LogP contribution in [0.4, 0.5) is 11.6 Å². The summed E-state index contributed by atoms with van der Waals surface area (Å²) in [4.78, 5) is 37.0. The summed E-state index contributed by atoms with van der Waals surface area (Å²) in [7, 11) is -3.87. The Morgan fingerprint density at radius 3 is 2.53 bits per heavy atom. The van der Waals surface area contributed by atoms with E-state index in [9.17, 15) is 18.0 Å². The van der Waals surface area contributed by atoms with Crippen molar-refractivity contribution in [3.05, 3.63) is 70.9 Å². The van der Waals surface area contributed by atoms with Crippen LogP contribution in [0.15, 0.2) is 70.2 Å². The lowest BCUT2D eigenvalue weighted by atomic mass is 10.3. The SMILES string of the molecule is O=C(Cn1cnc2sccc2c1=O)Nc1ccc(S(=O)(=O)Nc2ncccn2)cc1. The van der Waals surface area contributed by atoms with E-state index < -0.39 is 15.9 Å². The molecule has 3 aromatic heterocycles. The quantitative estimate of drug-likeness (QED) is 0.464. The lowest BCUT2D eigenvalue weighted by Gasteiger charge is -2.09. The van der Waals surface area contributed by atoms with Crippen LogP contribution in [-0.2, 0) is 21.4 Å². The molecule has 0 fully saturated rings. The molecule has 1 amide bonds. The predicted octanol–water partition coefficient (Wildman–Crippen LogP) is 1.69. The van der Waals surface area contributed by atoms with Crippen LogP contribution in [0.2, 0.25) is 0 Å². The van der Waals surface area contributed by atoms with Gasteiger partial charge in [0.15, 0.2) is 0 Å². The van der Waals surface area contributed by atoms with Gasteiger partial charge in [0.25, 0.3) is 15.6 Å². The fourth-order valence-corrected chi connectivity index (χ4v) is 4.29. The molecule has 0 aliphatic rings. The largest absolute Gasteiger partial charge is 0.325 e. The van der Waals surface area contributed by atoms with E-state index >= 15 is 0 Å². The summed E-state index contributed by atoms with van der Waals surface area (Å²) in [6.45, 7) is -0.218. The van der Waals surface area contributed by atoms with Crippen molar-refractivity contribution in [2.45, 2.75) is 11.4 Å². The van der Waals surface area contributed by atoms with Crippen molar-refractivity contribution in [1.29, 1.82) is 0 Å². The highest BCUT2D eigenvalue weighted by molar-refractivity contribution is 7.92. The first-order valence-electron chi connectivity index (χ1n) is 8.55. The van der Waals surface area contributed by atoms with Crippen LogP contribution in [0, 0.1) is 0 Å². The molecule has 0 aliphatic carbocycles. The molecule has 0 aliphatic heterocycles. The average molecular weight is 442 g/mol. The van der Waals surface area contributed by atoms with E-state index in [1.807, 2.05) is 0 Å². The molecule has 0 bridgehead atoms. The molecule has 0 atom stereocenters. The zero-order chi connectivity index (χ0) is 21.1. The smallest absolute Gasteiger partial charge is 0.264 e. The third-order valence-corrected chi connectivity index (χ3v) is 6.17. The second-order valence-electron chi connectivity index (χ2n) is 6.07. The maximum absolute atomic E-state index is 12.4. The highest BCUT2D eigenvalue weighted by atomic mass is 32.2. The summed E-state index contributed by atoms with van der Waals surface area (Å²) < 4.78 is 28.2. The van der Waals surface area contributed by atoms with E-state index in [0.29, 0.717) is 15.9 Å². The number of rotatable bonds is 6. The van der Waals surface area contributed by atoms with Gasteiger partial charge in [-0.1, -0.05) is 0 Å². The fourth-order valence-electron chi connectivity index (χ4n) is 2.61. The number of anilines is 2. The van der Waals surface area contributed by atoms with Crippen LogP contribution in [0.25, 0.3) is 10.2 Å². The van der Waals surface area contributed by atoms with Crippen LogP contribution in [0.1, 0.15) is 0 Å². The van der Waals surface area contributed by atoms with E-state index in [4.69, 9.17) is 0 Å². The fraction of sp³-hybridized carbons (Fsp3) is 0.0556. The van der Waals surface area contributed by atoms with Crippen LogP contribution in [0.3, 0.4) is 0 Å². The highest BCUT2D eigenvalue weighted by Crippen LogP contribution is 2.17. The topological polar surface area (TPSA) is 136 Å². The van der Waals surface area contributed by atoms with Gasteiger partial charge >= 0.3 is 0 Å². The molecule has 2 N–H and O–H groups in total. The first-order valence-corrected chi connectivity index (χ1v) is 10.9. The number of nitrogens with one attached hydrogen (secondary N) is 2. The Kier molecular flexibility index (Phi) is 5.25. The predicted molar refractivity (Wildman–Crippen MR) is 112 cm³/mol. The Morgan fingerprint density at radius 1 is 1.07 bits per heavy atom. The van der Waals surface area contributed by atoms with Gasteiger partial charge in [-0.3, -0.25) is 14.2 Å². The Bertz CT molecular complexity index is 1370. The summed E-state index contributed by atoms with van der Waals surface area (Å²) >= 11 is 1.35. The first-order chi connectivity index (χ1) is 14.4. The van der Waals surface area contributed by atoms with Gasteiger partial charge in [-0.05, 0) is 41.8 Å². The van der Waals surface area contributed by atoms with E-state index in [-0.39, 0.29) is 22.9 Å². The molecule has 1 aromatic carbocycles. The molecule has 0 saturated heterocycles. The number of amides is 1. The van der Waals surface area contributed by atoms with Gasteiger partial charge < -0.3 is 5.32 Å². The van der Waals surface area contributed by atoms with Crippen LogP contribution in [0.5, 0.6) is 0 Å². The van der Waals surface area contributed by atoms with Gasteiger partial charge in [-0.15, -0.1) is 11.3 Å². The summed E-state index contributed by atoms with van der Waals surface area (Å²) in [6.07, 6.45) is 4.16. The summed E-state index contributed by atoms with van der Waals surface area (Å²) in [5.74, 6) is -0.489. The van der Waals surface area contributed by atoms with E-state index in [1.165, 1.54) is 58.9 Å². The van der Waals surface area contributed by atoms with Gasteiger partial charge in [-0.2, -0.15) is 0 Å². The maximum Gasteiger partial charge on any atom is 0.264 e. The maximum atomic E-state index is 12.4. The second-order valence-corrected chi connectivity index (χ2v) is 8.64. The number of carbonyl (C=O) groups is 1. The Labute approximate surface area is 174 Å². The van der Waals surface area contributed by atoms with Crippen LogP contribution in [-0.4, -0.2) is 33.8 Å². The third kappa shape index (κ3) is 4.18. The monoisotopic (exact) mass is 442 g/mol. The molecule has 0 saturated carbocycles. The molecule has 30 heavy (non-hydrogen) atoms. The number of sulfonamides is 1. The summed E-state index contributed by atoms with van der Waals surface area (Å²) in [5, 5.41) is 4.84. The number of benzene rings is 1. The molecule has 4 aromatic rings. The molecule has 0 spiro atoms. The molecule has 12 heteroatoms. The number of carbonyl (C=O) groups excluding carboxylic acids is 1. The van der Waals surface area contributed by atoms with Crippen molar-refractivity contribution >= 4 is 49.1 Å². The molecule has 0 radical (unpaired) electrons. The standard InChI is InChI=1S/C18H14N6O4S2/c25-15(10-24-11-21-16-14(17(24)26)6-9-29-16)22-12-2-4-13(5-3-12)30(27,28)23-18-19-7-1-8-20-18/h1-9,11H,10H2,(H,22,25)(H,19,20,23). The van der Waals surface area contributed by atoms with Crippen molar-refractivity contribution in [3.63, 3.8) is 0 Å². The minimum absolute atomic E-state index is 0.0173. The summed E-state index contributed by atoms with van der Waals surface area (Å²) in [5.41, 5.74) is 0.0829. The van der Waals surface area contributed by atoms with Gasteiger partial charge in [-0.25, -0.2) is 28.1 Å². The van der Waals surface area contributed by atoms with Gasteiger partial charge in [0.2, 0.25) is 11.9 Å². The molecule has 0 unspecified atom stereocenters. The number of thiophene rings is 1. The van der Waals surface area contributed by atoms with E-state index in [0.717, 1.165) is 0 Å². The molecular formula is C18H14N6O4S2. The molecular weight excluding hydrogens is 428 g/mol. The second kappa shape index (κ2) is 8.00. The third-order valence-electron chi connectivity index (χ3n) is 4.00. The average Bonchev–Trinajstić information content (AvgIpc) is 3.21.